The van der Waals surface area contributed by atoms with Gasteiger partial charge in [-0.25, -0.2) is 4.98 Å². The Morgan fingerprint density at radius 2 is 2.40 bits per heavy atom. The van der Waals surface area contributed by atoms with E-state index in [1.807, 2.05) is 6.92 Å². The number of aromatic nitrogens is 1. The van der Waals surface area contributed by atoms with Gasteiger partial charge in [0, 0.05) is 39.8 Å². The van der Waals surface area contributed by atoms with Gasteiger partial charge in [-0.3, -0.25) is 9.00 Å². The fourth-order valence-electron chi connectivity index (χ4n) is 2.52. The third kappa shape index (κ3) is 3.86. The Balaban J connectivity index is 1.92. The van der Waals surface area contributed by atoms with Crippen LogP contribution in [0.1, 0.15) is 48.1 Å². The lowest BCUT2D eigenvalue weighted by Crippen LogP contribution is -2.41. The molecular weight excluding hydrogens is 294 g/mol. The summed E-state index contributed by atoms with van der Waals surface area (Å²) >= 11 is 1.40. The Hall–Kier alpha value is -0.790. The van der Waals surface area contributed by atoms with Crippen molar-refractivity contribution in [1.29, 1.82) is 0 Å². The first-order valence-electron chi connectivity index (χ1n) is 6.96. The Labute approximate surface area is 125 Å². The molecule has 20 heavy (non-hydrogen) atoms. The Bertz CT molecular complexity index is 490. The second kappa shape index (κ2) is 7.28. The molecule has 2 rings (SSSR count). The van der Waals surface area contributed by atoms with Gasteiger partial charge in [0.15, 0.2) is 0 Å². The molecule has 0 aromatic carbocycles. The van der Waals surface area contributed by atoms with Gasteiger partial charge in [-0.2, -0.15) is 0 Å². The summed E-state index contributed by atoms with van der Waals surface area (Å²) in [6, 6.07) is 0.111. The molecule has 0 bridgehead atoms. The van der Waals surface area contributed by atoms with Gasteiger partial charge in [-0.05, 0) is 19.3 Å². The molecular formula is C13H21N3O2S2. The topological polar surface area (TPSA) is 85.1 Å². The summed E-state index contributed by atoms with van der Waals surface area (Å²) in [5.41, 5.74) is 5.94. The van der Waals surface area contributed by atoms with Crippen LogP contribution in [0.25, 0.3) is 0 Å². The molecule has 1 fully saturated rings. The highest BCUT2D eigenvalue weighted by molar-refractivity contribution is 7.85. The molecule has 1 aromatic heterocycles. The number of rotatable bonds is 5. The molecule has 1 aliphatic rings. The molecule has 0 radical (unpaired) electrons. The van der Waals surface area contributed by atoms with Crippen molar-refractivity contribution in [1.82, 2.24) is 10.3 Å². The van der Waals surface area contributed by atoms with E-state index >= 15 is 0 Å². The van der Waals surface area contributed by atoms with Gasteiger partial charge in [0.25, 0.3) is 5.91 Å². The first kappa shape index (κ1) is 15.6. The standard InChI is InChI=1S/C13H21N3O2S2/c1-2-20(18)10-5-3-4-9(6-10)15-13(17)11-8-19-12(7-14)16-11/h8-10H,2-7,14H2,1H3,(H,15,17). The minimum atomic E-state index is -0.772. The van der Waals surface area contributed by atoms with Crippen LogP contribution in [0.15, 0.2) is 5.38 Å². The average Bonchev–Trinajstić information content (AvgIpc) is 2.95. The molecule has 1 heterocycles. The monoisotopic (exact) mass is 315 g/mol. The minimum absolute atomic E-state index is 0.111. The lowest BCUT2D eigenvalue weighted by atomic mass is 9.95. The van der Waals surface area contributed by atoms with E-state index in [1.165, 1.54) is 11.3 Å². The summed E-state index contributed by atoms with van der Waals surface area (Å²) in [6.07, 6.45) is 3.78. The van der Waals surface area contributed by atoms with Crippen molar-refractivity contribution in [3.05, 3.63) is 16.1 Å². The lowest BCUT2D eigenvalue weighted by molar-refractivity contribution is 0.0923. The van der Waals surface area contributed by atoms with E-state index < -0.39 is 10.8 Å². The quantitative estimate of drug-likeness (QED) is 0.860. The molecule has 0 saturated heterocycles. The summed E-state index contributed by atoms with van der Waals surface area (Å²) < 4.78 is 11.9. The maximum Gasteiger partial charge on any atom is 0.270 e. The number of amides is 1. The zero-order valence-electron chi connectivity index (χ0n) is 11.6. The summed E-state index contributed by atoms with van der Waals surface area (Å²) in [5, 5.41) is 5.73. The van der Waals surface area contributed by atoms with Crippen LogP contribution in [0.4, 0.5) is 0 Å². The summed E-state index contributed by atoms with van der Waals surface area (Å²) in [4.78, 5) is 16.3. The highest BCUT2D eigenvalue weighted by Gasteiger charge is 2.27. The van der Waals surface area contributed by atoms with E-state index in [2.05, 4.69) is 10.3 Å². The molecule has 1 amide bonds. The Kier molecular flexibility index (Phi) is 5.68. The number of hydrogen-bond acceptors (Lipinski definition) is 5. The van der Waals surface area contributed by atoms with E-state index in [0.717, 1.165) is 30.7 Å². The number of nitrogens with zero attached hydrogens (tertiary/aromatic N) is 1. The van der Waals surface area contributed by atoms with E-state index in [4.69, 9.17) is 5.73 Å². The van der Waals surface area contributed by atoms with Crippen LogP contribution in [0.2, 0.25) is 0 Å². The Morgan fingerprint density at radius 3 is 3.05 bits per heavy atom. The van der Waals surface area contributed by atoms with Gasteiger partial charge in [-0.15, -0.1) is 11.3 Å². The highest BCUT2D eigenvalue weighted by Crippen LogP contribution is 2.23. The first-order chi connectivity index (χ1) is 9.63. The van der Waals surface area contributed by atoms with E-state index in [9.17, 15) is 9.00 Å². The Morgan fingerprint density at radius 1 is 1.60 bits per heavy atom. The van der Waals surface area contributed by atoms with E-state index in [0.29, 0.717) is 18.0 Å². The van der Waals surface area contributed by atoms with Crippen molar-refractivity contribution >= 4 is 28.0 Å². The smallest absolute Gasteiger partial charge is 0.270 e. The number of carbonyl (C=O) groups is 1. The predicted molar refractivity (Wildman–Crippen MR) is 82.2 cm³/mol. The van der Waals surface area contributed by atoms with Crippen LogP contribution < -0.4 is 11.1 Å². The minimum Gasteiger partial charge on any atom is -0.348 e. The molecule has 5 nitrogen and oxygen atoms in total. The van der Waals surface area contributed by atoms with Crippen LogP contribution in [-0.2, 0) is 17.3 Å². The van der Waals surface area contributed by atoms with Crippen molar-refractivity contribution in [2.45, 2.75) is 50.4 Å². The van der Waals surface area contributed by atoms with E-state index in [-0.39, 0.29) is 17.2 Å². The van der Waals surface area contributed by atoms with Crippen LogP contribution in [0.5, 0.6) is 0 Å². The van der Waals surface area contributed by atoms with Gasteiger partial charge in [-0.1, -0.05) is 13.3 Å². The number of thiazole rings is 1. The molecule has 3 unspecified atom stereocenters. The van der Waals surface area contributed by atoms with Crippen molar-refractivity contribution in [2.75, 3.05) is 5.75 Å². The maximum atomic E-state index is 12.1. The van der Waals surface area contributed by atoms with Crippen molar-refractivity contribution in [2.24, 2.45) is 5.73 Å². The zero-order chi connectivity index (χ0) is 14.5. The zero-order valence-corrected chi connectivity index (χ0v) is 13.3. The lowest BCUT2D eigenvalue weighted by Gasteiger charge is -2.28. The van der Waals surface area contributed by atoms with Gasteiger partial charge in [0.2, 0.25) is 0 Å². The second-order valence-corrected chi connectivity index (χ2v) is 7.91. The average molecular weight is 315 g/mol. The first-order valence-corrected chi connectivity index (χ1v) is 9.22. The van der Waals surface area contributed by atoms with E-state index in [1.54, 1.807) is 5.38 Å². The molecule has 112 valence electrons. The number of carbonyl (C=O) groups excluding carboxylic acids is 1. The number of nitrogens with two attached hydrogens (primary N) is 1. The molecule has 1 saturated carbocycles. The van der Waals surface area contributed by atoms with Gasteiger partial charge in [0.05, 0.1) is 0 Å². The molecule has 3 atom stereocenters. The van der Waals surface area contributed by atoms with Crippen LogP contribution in [0.3, 0.4) is 0 Å². The fourth-order valence-corrected chi connectivity index (χ4v) is 4.52. The summed E-state index contributed by atoms with van der Waals surface area (Å²) in [7, 11) is -0.772. The number of nitrogens with one attached hydrogen (secondary N) is 1. The third-order valence-corrected chi connectivity index (χ3v) is 6.19. The molecule has 3 N–H and O–H groups in total. The van der Waals surface area contributed by atoms with Crippen LogP contribution in [-0.4, -0.2) is 32.1 Å². The molecule has 1 aromatic rings. The van der Waals surface area contributed by atoms with Crippen LogP contribution >= 0.6 is 11.3 Å². The summed E-state index contributed by atoms with van der Waals surface area (Å²) in [6.45, 7) is 2.31. The number of hydrogen-bond donors (Lipinski definition) is 2. The maximum absolute atomic E-state index is 12.1. The largest absolute Gasteiger partial charge is 0.348 e. The van der Waals surface area contributed by atoms with Gasteiger partial charge in [0.1, 0.15) is 10.7 Å². The SMILES string of the molecule is CCS(=O)C1CCCC(NC(=O)c2csc(CN)n2)C1. The van der Waals surface area contributed by atoms with Crippen LogP contribution in [0, 0.1) is 0 Å². The molecule has 0 aliphatic heterocycles. The van der Waals surface area contributed by atoms with Gasteiger partial charge >= 0.3 is 0 Å². The van der Waals surface area contributed by atoms with Crippen molar-refractivity contribution < 1.29 is 9.00 Å². The fraction of sp³-hybridized carbons (Fsp3) is 0.692. The van der Waals surface area contributed by atoms with Crippen molar-refractivity contribution in [3.8, 4) is 0 Å². The second-order valence-electron chi connectivity index (χ2n) is 4.96. The normalized spacial score (nSPS) is 24.3. The summed E-state index contributed by atoms with van der Waals surface area (Å²) in [5.74, 6) is 0.547. The highest BCUT2D eigenvalue weighted by atomic mass is 32.2. The van der Waals surface area contributed by atoms with Crippen molar-refractivity contribution in [3.63, 3.8) is 0 Å². The molecule has 1 aliphatic carbocycles. The predicted octanol–water partition coefficient (Wildman–Crippen LogP) is 1.41. The molecule has 0 spiro atoms. The van der Waals surface area contributed by atoms with Gasteiger partial charge < -0.3 is 11.1 Å². The molecule has 7 heteroatoms. The third-order valence-electron chi connectivity index (χ3n) is 3.58.